The van der Waals surface area contributed by atoms with Crippen molar-refractivity contribution in [2.24, 2.45) is 0 Å². The van der Waals surface area contributed by atoms with Crippen LogP contribution in [0.1, 0.15) is 19.1 Å². The van der Waals surface area contributed by atoms with E-state index in [0.29, 0.717) is 10.4 Å². The highest BCUT2D eigenvalue weighted by Crippen LogP contribution is 2.16. The van der Waals surface area contributed by atoms with Crippen LogP contribution in [0.15, 0.2) is 26.8 Å². The van der Waals surface area contributed by atoms with E-state index >= 15 is 0 Å². The summed E-state index contributed by atoms with van der Waals surface area (Å²) in [7, 11) is 0. The molecule has 0 fully saturated rings. The summed E-state index contributed by atoms with van der Waals surface area (Å²) >= 11 is 3.18. The minimum absolute atomic E-state index is 0.676. The van der Waals surface area contributed by atoms with Gasteiger partial charge in [0.1, 0.15) is 12.0 Å². The lowest BCUT2D eigenvalue weighted by Gasteiger charge is -1.90. The summed E-state index contributed by atoms with van der Waals surface area (Å²) in [5, 5.41) is 0. The molecule has 1 rings (SSSR count). The molecule has 1 heterocycles. The van der Waals surface area contributed by atoms with Gasteiger partial charge in [0.05, 0.1) is 0 Å². The van der Waals surface area contributed by atoms with Crippen LogP contribution in [0.5, 0.6) is 0 Å². The van der Waals surface area contributed by atoms with Crippen molar-refractivity contribution in [1.82, 2.24) is 0 Å². The molecule has 1 aromatic rings. The number of rotatable bonds is 3. The Kier molecular flexibility index (Phi) is 3.29. The smallest absolute Gasteiger partial charge is 0.169 e. The summed E-state index contributed by atoms with van der Waals surface area (Å²) in [6.07, 6.45) is 3.30. The third-order valence-electron chi connectivity index (χ3n) is 1.48. The van der Waals surface area contributed by atoms with Crippen LogP contribution in [0.25, 0.3) is 6.08 Å². The summed E-state index contributed by atoms with van der Waals surface area (Å²) in [5.41, 5.74) is 0.733. The van der Waals surface area contributed by atoms with E-state index in [1.807, 2.05) is 13.0 Å². The molecule has 0 radical (unpaired) electrons. The van der Waals surface area contributed by atoms with Gasteiger partial charge in [-0.1, -0.05) is 6.92 Å². The number of carbonyl (C=O) groups excluding carboxylic acids is 1. The molecular formula is C9H9BrO2. The van der Waals surface area contributed by atoms with Crippen molar-refractivity contribution in [2.45, 2.75) is 13.3 Å². The average Bonchev–Trinajstić information content (AvgIpc) is 2.47. The first-order chi connectivity index (χ1) is 5.76. The van der Waals surface area contributed by atoms with Gasteiger partial charge in [-0.15, -0.1) is 0 Å². The highest BCUT2D eigenvalue weighted by atomic mass is 79.9. The first-order valence-corrected chi connectivity index (χ1v) is 4.46. The van der Waals surface area contributed by atoms with E-state index in [9.17, 15) is 4.79 Å². The van der Waals surface area contributed by atoms with Gasteiger partial charge >= 0.3 is 0 Å². The highest BCUT2D eigenvalue weighted by molar-refractivity contribution is 9.10. The zero-order valence-electron chi connectivity index (χ0n) is 6.71. The maximum Gasteiger partial charge on any atom is 0.169 e. The van der Waals surface area contributed by atoms with Crippen molar-refractivity contribution < 1.29 is 9.21 Å². The molecule has 0 atom stereocenters. The van der Waals surface area contributed by atoms with E-state index in [-0.39, 0.29) is 0 Å². The molecule has 0 saturated carbocycles. The molecule has 0 saturated heterocycles. The summed E-state index contributed by atoms with van der Waals surface area (Å²) in [5.74, 6) is 0.700. The normalized spacial score (nSPS) is 11.7. The summed E-state index contributed by atoms with van der Waals surface area (Å²) in [4.78, 5) is 10.4. The number of aldehydes is 1. The molecule has 0 aromatic carbocycles. The fraction of sp³-hybridized carbons (Fsp3) is 0.222. The van der Waals surface area contributed by atoms with Crippen LogP contribution >= 0.6 is 15.9 Å². The Balaban J connectivity index is 2.85. The van der Waals surface area contributed by atoms with E-state index in [4.69, 9.17) is 4.42 Å². The molecule has 0 spiro atoms. The second-order valence-corrected chi connectivity index (χ2v) is 3.11. The molecule has 1 aromatic heterocycles. The zero-order valence-corrected chi connectivity index (χ0v) is 8.30. The van der Waals surface area contributed by atoms with Crippen molar-refractivity contribution in [3.63, 3.8) is 0 Å². The number of furan rings is 1. The molecule has 0 amide bonds. The SMILES string of the molecule is CCC(C=O)=Cc1ccc(Br)o1. The number of carbonyl (C=O) groups is 1. The standard InChI is InChI=1S/C9H9BrO2/c1-2-7(6-11)5-8-3-4-9(10)12-8/h3-6H,2H2,1H3. The monoisotopic (exact) mass is 228 g/mol. The van der Waals surface area contributed by atoms with E-state index in [2.05, 4.69) is 15.9 Å². The molecule has 0 aliphatic carbocycles. The fourth-order valence-electron chi connectivity index (χ4n) is 0.808. The van der Waals surface area contributed by atoms with Gasteiger partial charge in [-0.2, -0.15) is 0 Å². The molecule has 64 valence electrons. The minimum Gasteiger partial charge on any atom is -0.450 e. The molecule has 0 bridgehead atoms. The Morgan fingerprint density at radius 2 is 2.42 bits per heavy atom. The first-order valence-electron chi connectivity index (χ1n) is 3.67. The molecule has 3 heteroatoms. The van der Waals surface area contributed by atoms with Crippen LogP contribution in [0.4, 0.5) is 0 Å². The average molecular weight is 229 g/mol. The van der Waals surface area contributed by atoms with Crippen LogP contribution < -0.4 is 0 Å². The number of halogens is 1. The van der Waals surface area contributed by atoms with Crippen LogP contribution in [0, 0.1) is 0 Å². The van der Waals surface area contributed by atoms with Gasteiger partial charge < -0.3 is 4.42 Å². The largest absolute Gasteiger partial charge is 0.450 e. The molecule has 0 aliphatic rings. The second kappa shape index (κ2) is 4.26. The van der Waals surface area contributed by atoms with Crippen LogP contribution in [-0.2, 0) is 4.79 Å². The van der Waals surface area contributed by atoms with Gasteiger partial charge in [-0.25, -0.2) is 0 Å². The van der Waals surface area contributed by atoms with Gasteiger partial charge in [-0.05, 0) is 46.1 Å². The predicted octanol–water partition coefficient (Wildman–Crippen LogP) is 3.03. The quantitative estimate of drug-likeness (QED) is 0.589. The predicted molar refractivity (Wildman–Crippen MR) is 50.7 cm³/mol. The maximum absolute atomic E-state index is 10.4. The summed E-state index contributed by atoms with van der Waals surface area (Å²) < 4.78 is 5.88. The highest BCUT2D eigenvalue weighted by Gasteiger charge is 1.97. The Morgan fingerprint density at radius 3 is 2.83 bits per heavy atom. The van der Waals surface area contributed by atoms with Crippen molar-refractivity contribution in [2.75, 3.05) is 0 Å². The van der Waals surface area contributed by atoms with Crippen LogP contribution in [0.2, 0.25) is 0 Å². The zero-order chi connectivity index (χ0) is 8.97. The lowest BCUT2D eigenvalue weighted by Crippen LogP contribution is -1.79. The van der Waals surface area contributed by atoms with Gasteiger partial charge in [0.2, 0.25) is 0 Å². The summed E-state index contributed by atoms with van der Waals surface area (Å²) in [6.45, 7) is 1.93. The first kappa shape index (κ1) is 9.26. The Bertz CT molecular complexity index is 299. The van der Waals surface area contributed by atoms with Gasteiger partial charge in [0, 0.05) is 0 Å². The van der Waals surface area contributed by atoms with Gasteiger partial charge in [0.25, 0.3) is 0 Å². The molecule has 12 heavy (non-hydrogen) atoms. The lowest BCUT2D eigenvalue weighted by molar-refractivity contribution is -0.104. The Hall–Kier alpha value is -0.830. The van der Waals surface area contributed by atoms with E-state index < -0.39 is 0 Å². The number of hydrogen-bond donors (Lipinski definition) is 0. The fourth-order valence-corrected chi connectivity index (χ4v) is 1.13. The van der Waals surface area contributed by atoms with Crippen molar-refractivity contribution >= 4 is 28.3 Å². The van der Waals surface area contributed by atoms with Gasteiger partial charge in [0.15, 0.2) is 4.67 Å². The van der Waals surface area contributed by atoms with Crippen LogP contribution in [0.3, 0.4) is 0 Å². The molecule has 0 N–H and O–H groups in total. The number of hydrogen-bond acceptors (Lipinski definition) is 2. The Morgan fingerprint density at radius 1 is 1.67 bits per heavy atom. The van der Waals surface area contributed by atoms with Crippen molar-refractivity contribution in [1.29, 1.82) is 0 Å². The minimum atomic E-state index is 0.676. The molecule has 0 unspecified atom stereocenters. The summed E-state index contributed by atoms with van der Waals surface area (Å²) in [6, 6.07) is 3.60. The topological polar surface area (TPSA) is 30.2 Å². The maximum atomic E-state index is 10.4. The third-order valence-corrected chi connectivity index (χ3v) is 1.91. The van der Waals surface area contributed by atoms with Crippen LogP contribution in [-0.4, -0.2) is 6.29 Å². The molecular weight excluding hydrogens is 220 g/mol. The van der Waals surface area contributed by atoms with Gasteiger partial charge in [-0.3, -0.25) is 4.79 Å². The lowest BCUT2D eigenvalue weighted by atomic mass is 10.2. The van der Waals surface area contributed by atoms with Crippen molar-refractivity contribution in [3.05, 3.63) is 28.1 Å². The van der Waals surface area contributed by atoms with E-state index in [1.54, 1.807) is 12.1 Å². The Labute approximate surface area is 79.4 Å². The molecule has 2 nitrogen and oxygen atoms in total. The molecule has 0 aliphatic heterocycles. The number of allylic oxidation sites excluding steroid dienone is 1. The van der Waals surface area contributed by atoms with E-state index in [1.165, 1.54) is 0 Å². The van der Waals surface area contributed by atoms with E-state index in [0.717, 1.165) is 18.3 Å². The van der Waals surface area contributed by atoms with Crippen molar-refractivity contribution in [3.8, 4) is 0 Å². The second-order valence-electron chi connectivity index (χ2n) is 2.33. The third kappa shape index (κ3) is 2.34.